The molecule has 2 heterocycles. The maximum absolute atomic E-state index is 12.2. The van der Waals surface area contributed by atoms with Crippen molar-refractivity contribution in [1.29, 1.82) is 0 Å². The Labute approximate surface area is 167 Å². The number of esters is 1. The summed E-state index contributed by atoms with van der Waals surface area (Å²) in [5, 5.41) is 2.75. The molecule has 0 radical (unpaired) electrons. The largest absolute Gasteiger partial charge is 0.488 e. The van der Waals surface area contributed by atoms with Gasteiger partial charge in [-0.3, -0.25) is 13.8 Å². The molecule has 0 aliphatic carbocycles. The Hall–Kier alpha value is -2.53. The van der Waals surface area contributed by atoms with Crippen molar-refractivity contribution in [3.05, 3.63) is 38.8 Å². The van der Waals surface area contributed by atoms with E-state index >= 15 is 0 Å². The molecule has 1 amide bonds. The Balaban J connectivity index is 1.92. The number of nitrogens with one attached hydrogen (secondary N) is 2. The van der Waals surface area contributed by atoms with Crippen molar-refractivity contribution in [3.8, 4) is 5.75 Å². The van der Waals surface area contributed by atoms with Gasteiger partial charge in [0.25, 0.3) is 0 Å². The monoisotopic (exact) mass is 427 g/mol. The van der Waals surface area contributed by atoms with Crippen LogP contribution in [0.4, 0.5) is 5.13 Å². The van der Waals surface area contributed by atoms with Crippen LogP contribution >= 0.6 is 11.3 Å². The van der Waals surface area contributed by atoms with Gasteiger partial charge < -0.3 is 19.8 Å². The van der Waals surface area contributed by atoms with Gasteiger partial charge in [-0.05, 0) is 13.3 Å². The van der Waals surface area contributed by atoms with E-state index in [2.05, 4.69) is 20.0 Å². The lowest BCUT2D eigenvalue weighted by molar-refractivity contribution is -0.113. The van der Waals surface area contributed by atoms with Crippen molar-refractivity contribution in [3.63, 3.8) is 0 Å². The van der Waals surface area contributed by atoms with E-state index in [1.165, 1.54) is 19.4 Å². The highest BCUT2D eigenvalue weighted by atomic mass is 32.2. The highest BCUT2D eigenvalue weighted by Crippen LogP contribution is 2.23. The van der Waals surface area contributed by atoms with Crippen LogP contribution in [0.15, 0.2) is 17.1 Å². The molecule has 2 rings (SSSR count). The van der Waals surface area contributed by atoms with Gasteiger partial charge in [0.15, 0.2) is 10.9 Å². The fourth-order valence-corrected chi connectivity index (χ4v) is 4.05. The lowest BCUT2D eigenvalue weighted by atomic mass is 10.3. The van der Waals surface area contributed by atoms with Gasteiger partial charge >= 0.3 is 5.97 Å². The van der Waals surface area contributed by atoms with Gasteiger partial charge in [0.2, 0.25) is 11.3 Å². The molecule has 0 fully saturated rings. The number of aryl methyl sites for hydroxylation is 1. The molecular weight excluding hydrogens is 406 g/mol. The first-order valence-electron chi connectivity index (χ1n) is 8.39. The number of hydrogen-bond acceptors (Lipinski definition) is 8. The molecule has 2 aromatic rings. The van der Waals surface area contributed by atoms with Crippen molar-refractivity contribution in [2.24, 2.45) is 0 Å². The second-order valence-electron chi connectivity index (χ2n) is 5.74. The number of aromatic nitrogens is 2. The summed E-state index contributed by atoms with van der Waals surface area (Å²) >= 11 is 0.984. The second-order valence-corrected chi connectivity index (χ2v) is 8.19. The molecule has 0 saturated carbocycles. The van der Waals surface area contributed by atoms with E-state index in [0.717, 1.165) is 17.8 Å². The van der Waals surface area contributed by atoms with Crippen LogP contribution in [-0.4, -0.2) is 45.5 Å². The molecule has 9 nitrogen and oxygen atoms in total. The summed E-state index contributed by atoms with van der Waals surface area (Å²) < 4.78 is 22.1. The minimum atomic E-state index is -1.54. The van der Waals surface area contributed by atoms with E-state index in [1.54, 1.807) is 6.92 Å². The molecule has 0 aliphatic heterocycles. The average Bonchev–Trinajstić information content (AvgIpc) is 3.00. The summed E-state index contributed by atoms with van der Waals surface area (Å²) in [7, 11) is -0.282. The predicted molar refractivity (Wildman–Crippen MR) is 106 cm³/mol. The average molecular weight is 428 g/mol. The first-order valence-corrected chi connectivity index (χ1v) is 10.7. The smallest absolute Gasteiger partial charge is 0.350 e. The van der Waals surface area contributed by atoms with Crippen molar-refractivity contribution >= 4 is 39.1 Å². The molecule has 28 heavy (non-hydrogen) atoms. The Bertz CT molecular complexity index is 937. The lowest BCUT2D eigenvalue weighted by Gasteiger charge is -2.06. The third-order valence-corrected chi connectivity index (χ3v) is 5.69. The van der Waals surface area contributed by atoms with E-state index in [4.69, 9.17) is 4.74 Å². The van der Waals surface area contributed by atoms with E-state index in [9.17, 15) is 18.6 Å². The number of H-pyrrole nitrogens is 1. The molecule has 0 bridgehead atoms. The first kappa shape index (κ1) is 21.8. The molecule has 152 valence electrons. The third kappa shape index (κ3) is 5.99. The van der Waals surface area contributed by atoms with Crippen LogP contribution in [0.3, 0.4) is 0 Å². The number of aromatic amines is 1. The number of hydrogen-bond donors (Lipinski definition) is 2. The zero-order valence-electron chi connectivity index (χ0n) is 15.7. The van der Waals surface area contributed by atoms with Crippen LogP contribution in [0.1, 0.15) is 34.4 Å². The quantitative estimate of drug-likeness (QED) is 0.582. The van der Waals surface area contributed by atoms with Gasteiger partial charge in [-0.15, -0.1) is 0 Å². The molecule has 1 atom stereocenters. The number of carbonyl (C=O) groups is 2. The van der Waals surface area contributed by atoms with E-state index in [0.29, 0.717) is 22.9 Å². The maximum Gasteiger partial charge on any atom is 0.350 e. The molecule has 0 saturated heterocycles. The van der Waals surface area contributed by atoms with Gasteiger partial charge in [0, 0.05) is 28.8 Å². The number of carbonyl (C=O) groups excluding carboxylic acids is 2. The molecule has 2 N–H and O–H groups in total. The van der Waals surface area contributed by atoms with Gasteiger partial charge in [-0.2, -0.15) is 0 Å². The third-order valence-electron chi connectivity index (χ3n) is 3.42. The van der Waals surface area contributed by atoms with E-state index < -0.39 is 22.7 Å². The van der Waals surface area contributed by atoms with Crippen molar-refractivity contribution in [2.45, 2.75) is 26.0 Å². The van der Waals surface area contributed by atoms with Crippen LogP contribution in [-0.2, 0) is 26.1 Å². The summed E-state index contributed by atoms with van der Waals surface area (Å²) in [6, 6.07) is 1.31. The van der Waals surface area contributed by atoms with Crippen LogP contribution in [0.25, 0.3) is 0 Å². The summed E-state index contributed by atoms with van der Waals surface area (Å²) in [5.41, 5.74) is 0.575. The highest BCUT2D eigenvalue weighted by Gasteiger charge is 2.18. The molecule has 0 spiro atoms. The minimum Gasteiger partial charge on any atom is -0.488 e. The molecule has 11 heteroatoms. The van der Waals surface area contributed by atoms with Gasteiger partial charge in [-0.1, -0.05) is 18.3 Å². The zero-order chi connectivity index (χ0) is 20.7. The molecule has 1 unspecified atom stereocenters. The number of amides is 1. The van der Waals surface area contributed by atoms with Crippen LogP contribution in [0, 0.1) is 6.92 Å². The minimum absolute atomic E-state index is 0.0149. The zero-order valence-corrected chi connectivity index (χ0v) is 17.3. The Morgan fingerprint density at radius 1 is 1.39 bits per heavy atom. The Kier molecular flexibility index (Phi) is 7.88. The summed E-state index contributed by atoms with van der Waals surface area (Å²) in [6.45, 7) is 3.99. The normalized spacial score (nSPS) is 11.7. The molecular formula is C17H21N3O6S2. The number of thiazole rings is 1. The fourth-order valence-electron chi connectivity index (χ4n) is 2.17. The van der Waals surface area contributed by atoms with Crippen molar-refractivity contribution in [1.82, 2.24) is 9.97 Å². The molecule has 2 aromatic heterocycles. The highest BCUT2D eigenvalue weighted by molar-refractivity contribution is 7.84. The first-order chi connectivity index (χ1) is 13.3. The number of anilines is 1. The van der Waals surface area contributed by atoms with Gasteiger partial charge in [0.05, 0.1) is 25.2 Å². The van der Waals surface area contributed by atoms with Crippen molar-refractivity contribution in [2.75, 3.05) is 24.8 Å². The van der Waals surface area contributed by atoms with Crippen LogP contribution in [0.2, 0.25) is 0 Å². The molecule has 0 aliphatic rings. The lowest BCUT2D eigenvalue weighted by Crippen LogP contribution is -2.20. The van der Waals surface area contributed by atoms with Crippen molar-refractivity contribution < 1.29 is 23.3 Å². The van der Waals surface area contributed by atoms with Gasteiger partial charge in [0.1, 0.15) is 10.6 Å². The fraction of sp³-hybridized carbons (Fsp3) is 0.412. The topological polar surface area (TPSA) is 127 Å². The number of rotatable bonds is 9. The standard InChI is InChI=1S/C17H21N3O6S2/c1-4-5-26-13-7-18-11(6-12(13)21)8-28(24)9-14(22)20-17-19-10(2)15(27-17)16(23)25-3/h6-7H,4-5,8-9H2,1-3H3,(H,18,21)(H,19,20,22). The number of ether oxygens (including phenoxy) is 2. The molecule has 0 aromatic carbocycles. The Morgan fingerprint density at radius 2 is 2.14 bits per heavy atom. The van der Waals surface area contributed by atoms with Gasteiger partial charge in [-0.25, -0.2) is 9.78 Å². The number of methoxy groups -OCH3 is 1. The number of pyridine rings is 1. The Morgan fingerprint density at radius 3 is 2.79 bits per heavy atom. The summed E-state index contributed by atoms with van der Waals surface area (Å²) in [6.07, 6.45) is 2.21. The van der Waals surface area contributed by atoms with E-state index in [1.807, 2.05) is 6.92 Å². The maximum atomic E-state index is 12.2. The van der Waals surface area contributed by atoms with E-state index in [-0.39, 0.29) is 27.8 Å². The number of nitrogens with zero attached hydrogens (tertiary/aromatic N) is 1. The summed E-state index contributed by atoms with van der Waals surface area (Å²) in [4.78, 5) is 42.8. The predicted octanol–water partition coefficient (Wildman–Crippen LogP) is 1.60. The van der Waals surface area contributed by atoms with Crippen LogP contribution < -0.4 is 15.5 Å². The van der Waals surface area contributed by atoms with Crippen LogP contribution in [0.5, 0.6) is 5.75 Å². The summed E-state index contributed by atoms with van der Waals surface area (Å²) in [5.74, 6) is -1.10. The second kappa shape index (κ2) is 10.1. The SMILES string of the molecule is CCCOc1c[nH]c(CS(=O)CC(=O)Nc2nc(C)c(C(=O)OC)s2)cc1=O.